The Balaban J connectivity index is 2.25. The first kappa shape index (κ1) is 12.8. The molecular weight excluding hydrogens is 235 g/mol. The van der Waals surface area contributed by atoms with Gasteiger partial charge < -0.3 is 5.32 Å². The Morgan fingerprint density at radius 2 is 2.17 bits per heavy atom. The lowest BCUT2D eigenvalue weighted by Crippen LogP contribution is -2.16. The third-order valence-corrected chi connectivity index (χ3v) is 3.53. The molecule has 2 rings (SSSR count). The van der Waals surface area contributed by atoms with Crippen molar-refractivity contribution >= 4 is 11.4 Å². The number of halogens is 1. The largest absolute Gasteiger partial charge is 0.377 e. The summed E-state index contributed by atoms with van der Waals surface area (Å²) in [7, 11) is 0. The number of nitro groups is 1. The fourth-order valence-electron chi connectivity index (χ4n) is 2.50. The zero-order valence-electron chi connectivity index (χ0n) is 10.6. The molecule has 0 bridgehead atoms. The molecule has 1 aromatic carbocycles. The molecule has 0 amide bonds. The minimum Gasteiger partial charge on any atom is -0.377 e. The number of aryl methyl sites for hydroxylation is 1. The molecule has 2 unspecified atom stereocenters. The highest BCUT2D eigenvalue weighted by Gasteiger charge is 2.24. The van der Waals surface area contributed by atoms with E-state index in [1.807, 2.05) is 0 Å². The highest BCUT2D eigenvalue weighted by atomic mass is 19.1. The number of hydrogen-bond acceptors (Lipinski definition) is 3. The summed E-state index contributed by atoms with van der Waals surface area (Å²) in [5, 5.41) is 14.1. The first-order valence-corrected chi connectivity index (χ1v) is 6.18. The van der Waals surface area contributed by atoms with Gasteiger partial charge in [-0.3, -0.25) is 10.1 Å². The molecule has 1 fully saturated rings. The molecule has 0 radical (unpaired) electrons. The molecule has 1 aliphatic rings. The molecule has 0 heterocycles. The van der Waals surface area contributed by atoms with Crippen molar-refractivity contribution < 1.29 is 9.31 Å². The first-order chi connectivity index (χ1) is 8.47. The molecule has 4 nitrogen and oxygen atoms in total. The van der Waals surface area contributed by atoms with Crippen LogP contribution in [-0.4, -0.2) is 11.0 Å². The van der Waals surface area contributed by atoms with E-state index in [4.69, 9.17) is 0 Å². The van der Waals surface area contributed by atoms with Crippen molar-refractivity contribution in [2.24, 2.45) is 5.92 Å². The van der Waals surface area contributed by atoms with E-state index in [2.05, 4.69) is 12.2 Å². The van der Waals surface area contributed by atoms with Crippen LogP contribution in [0, 0.1) is 28.8 Å². The molecule has 0 spiro atoms. The van der Waals surface area contributed by atoms with E-state index in [1.165, 1.54) is 6.07 Å². The summed E-state index contributed by atoms with van der Waals surface area (Å²) in [4.78, 5) is 10.4. The number of nitro benzene ring substituents is 1. The maximum absolute atomic E-state index is 13.4. The highest BCUT2D eigenvalue weighted by molar-refractivity contribution is 5.63. The zero-order valence-corrected chi connectivity index (χ0v) is 10.6. The smallest absolute Gasteiger partial charge is 0.295 e. The predicted octanol–water partition coefficient (Wildman–Crippen LogP) is 3.64. The van der Waals surface area contributed by atoms with Crippen molar-refractivity contribution in [3.63, 3.8) is 0 Å². The van der Waals surface area contributed by atoms with E-state index in [0.717, 1.165) is 25.3 Å². The molecule has 0 saturated heterocycles. The van der Waals surface area contributed by atoms with Crippen LogP contribution in [0.3, 0.4) is 0 Å². The summed E-state index contributed by atoms with van der Waals surface area (Å²) in [5.74, 6) is 0.107. The second kappa shape index (κ2) is 4.92. The van der Waals surface area contributed by atoms with Gasteiger partial charge in [-0.15, -0.1) is 0 Å². The molecule has 1 N–H and O–H groups in total. The minimum atomic E-state index is -0.538. The van der Waals surface area contributed by atoms with Gasteiger partial charge in [-0.2, -0.15) is 0 Å². The fraction of sp³-hybridized carbons (Fsp3) is 0.538. The van der Waals surface area contributed by atoms with Crippen molar-refractivity contribution in [2.45, 2.75) is 39.2 Å². The normalized spacial score (nSPS) is 23.1. The van der Waals surface area contributed by atoms with Crippen LogP contribution in [0.2, 0.25) is 0 Å². The lowest BCUT2D eigenvalue weighted by molar-refractivity contribution is -0.384. The SMILES string of the molecule is Cc1cc(NC2CCC(C)C2)c([N+](=O)[O-])cc1F. The number of nitrogens with one attached hydrogen (secondary N) is 1. The van der Waals surface area contributed by atoms with Crippen LogP contribution in [0.15, 0.2) is 12.1 Å². The van der Waals surface area contributed by atoms with Gasteiger partial charge in [-0.1, -0.05) is 6.92 Å². The van der Waals surface area contributed by atoms with Crippen molar-refractivity contribution in [1.82, 2.24) is 0 Å². The maximum atomic E-state index is 13.4. The van der Waals surface area contributed by atoms with E-state index >= 15 is 0 Å². The van der Waals surface area contributed by atoms with Crippen LogP contribution >= 0.6 is 0 Å². The number of nitrogens with zero attached hydrogens (tertiary/aromatic N) is 1. The summed E-state index contributed by atoms with van der Waals surface area (Å²) in [6, 6.07) is 2.77. The first-order valence-electron chi connectivity index (χ1n) is 6.18. The Hall–Kier alpha value is -1.65. The topological polar surface area (TPSA) is 55.2 Å². The Kier molecular flexibility index (Phi) is 3.50. The van der Waals surface area contributed by atoms with Gasteiger partial charge in [0.2, 0.25) is 0 Å². The van der Waals surface area contributed by atoms with Crippen molar-refractivity contribution in [1.29, 1.82) is 0 Å². The molecule has 1 saturated carbocycles. The van der Waals surface area contributed by atoms with Gasteiger partial charge in [0.05, 0.1) is 11.0 Å². The third kappa shape index (κ3) is 2.60. The summed E-state index contributed by atoms with van der Waals surface area (Å²) < 4.78 is 13.4. The number of benzene rings is 1. The second-order valence-corrected chi connectivity index (χ2v) is 5.14. The average Bonchev–Trinajstić information content (AvgIpc) is 2.68. The predicted molar refractivity (Wildman–Crippen MR) is 68.2 cm³/mol. The Labute approximate surface area is 105 Å². The van der Waals surface area contributed by atoms with Crippen molar-refractivity contribution in [2.75, 3.05) is 5.32 Å². The summed E-state index contributed by atoms with van der Waals surface area (Å²) in [6.07, 6.45) is 3.15. The number of rotatable bonds is 3. The van der Waals surface area contributed by atoms with Gasteiger partial charge in [-0.25, -0.2) is 4.39 Å². The Bertz CT molecular complexity index is 476. The van der Waals surface area contributed by atoms with E-state index < -0.39 is 10.7 Å². The van der Waals surface area contributed by atoms with E-state index in [1.54, 1.807) is 6.92 Å². The summed E-state index contributed by atoms with van der Waals surface area (Å²) in [6.45, 7) is 3.79. The van der Waals surface area contributed by atoms with Gasteiger partial charge in [-0.05, 0) is 43.7 Å². The van der Waals surface area contributed by atoms with Gasteiger partial charge in [0, 0.05) is 6.04 Å². The van der Waals surface area contributed by atoms with Crippen LogP contribution in [-0.2, 0) is 0 Å². The van der Waals surface area contributed by atoms with Crippen molar-refractivity contribution in [3.05, 3.63) is 33.6 Å². The van der Waals surface area contributed by atoms with Gasteiger partial charge in [0.25, 0.3) is 5.69 Å². The minimum absolute atomic E-state index is 0.183. The maximum Gasteiger partial charge on any atom is 0.295 e. The summed E-state index contributed by atoms with van der Waals surface area (Å²) in [5.41, 5.74) is 0.671. The Morgan fingerprint density at radius 1 is 1.44 bits per heavy atom. The molecule has 1 aromatic rings. The standard InChI is InChI=1S/C13H17FN2O2/c1-8-3-4-10(5-8)15-12-6-9(2)11(14)7-13(12)16(17)18/h6-8,10,15H,3-5H2,1-2H3. The van der Waals surface area contributed by atoms with E-state index in [0.29, 0.717) is 17.2 Å². The van der Waals surface area contributed by atoms with E-state index in [9.17, 15) is 14.5 Å². The molecule has 18 heavy (non-hydrogen) atoms. The van der Waals surface area contributed by atoms with Gasteiger partial charge in [0.1, 0.15) is 11.5 Å². The van der Waals surface area contributed by atoms with Crippen LogP contribution in [0.4, 0.5) is 15.8 Å². The second-order valence-electron chi connectivity index (χ2n) is 5.14. The Morgan fingerprint density at radius 3 is 2.72 bits per heavy atom. The molecule has 0 aromatic heterocycles. The van der Waals surface area contributed by atoms with Crippen LogP contribution in [0.1, 0.15) is 31.7 Å². The number of anilines is 1. The quantitative estimate of drug-likeness (QED) is 0.660. The summed E-state index contributed by atoms with van der Waals surface area (Å²) >= 11 is 0. The fourth-order valence-corrected chi connectivity index (χ4v) is 2.50. The zero-order chi connectivity index (χ0) is 13.3. The molecule has 0 aliphatic heterocycles. The highest BCUT2D eigenvalue weighted by Crippen LogP contribution is 2.32. The lowest BCUT2D eigenvalue weighted by Gasteiger charge is -2.14. The monoisotopic (exact) mass is 252 g/mol. The van der Waals surface area contributed by atoms with Gasteiger partial charge in [0.15, 0.2) is 0 Å². The third-order valence-electron chi connectivity index (χ3n) is 3.53. The lowest BCUT2D eigenvalue weighted by atomic mass is 10.1. The van der Waals surface area contributed by atoms with Crippen molar-refractivity contribution in [3.8, 4) is 0 Å². The van der Waals surface area contributed by atoms with Crippen LogP contribution in [0.25, 0.3) is 0 Å². The van der Waals surface area contributed by atoms with Crippen LogP contribution in [0.5, 0.6) is 0 Å². The average molecular weight is 252 g/mol. The molecular formula is C13H17FN2O2. The molecule has 1 aliphatic carbocycles. The molecule has 98 valence electrons. The van der Waals surface area contributed by atoms with E-state index in [-0.39, 0.29) is 11.7 Å². The van der Waals surface area contributed by atoms with Crippen LogP contribution < -0.4 is 5.32 Å². The van der Waals surface area contributed by atoms with Gasteiger partial charge >= 0.3 is 0 Å². The number of hydrogen-bond donors (Lipinski definition) is 1. The molecule has 5 heteroatoms. The molecule has 2 atom stereocenters.